The molecule has 3 rings (SSSR count). The lowest BCUT2D eigenvalue weighted by Crippen LogP contribution is -2.31. The second-order valence-electron chi connectivity index (χ2n) is 6.73. The standard InChI is InChI=1S/C22H21F3N4O2/c23-22(24,25)31-19-10-8-17(9-11-19)14-28-21(26)27-13-16-4-6-18(7-5-16)15-29-12-2-1-3-20(29)30/h1-12H,13-15H2,(H3,26,27,28). The van der Waals surface area contributed by atoms with Crippen LogP contribution >= 0.6 is 0 Å². The van der Waals surface area contributed by atoms with Crippen molar-refractivity contribution in [2.24, 2.45) is 10.7 Å². The molecular formula is C22H21F3N4O2. The van der Waals surface area contributed by atoms with Gasteiger partial charge in [0.1, 0.15) is 5.75 Å². The lowest BCUT2D eigenvalue weighted by atomic mass is 10.1. The number of nitrogens with two attached hydrogens (primary N) is 1. The third kappa shape index (κ3) is 7.22. The van der Waals surface area contributed by atoms with Gasteiger partial charge in [-0.2, -0.15) is 0 Å². The Labute approximate surface area is 176 Å². The predicted molar refractivity (Wildman–Crippen MR) is 112 cm³/mol. The Morgan fingerprint density at radius 1 is 0.968 bits per heavy atom. The Bertz CT molecular complexity index is 1080. The first kappa shape index (κ1) is 21.9. The zero-order valence-electron chi connectivity index (χ0n) is 16.5. The molecule has 6 nitrogen and oxygen atoms in total. The molecule has 0 radical (unpaired) electrons. The zero-order valence-corrected chi connectivity index (χ0v) is 16.5. The van der Waals surface area contributed by atoms with Crippen molar-refractivity contribution < 1.29 is 17.9 Å². The van der Waals surface area contributed by atoms with E-state index < -0.39 is 6.36 Å². The van der Waals surface area contributed by atoms with E-state index in [1.165, 1.54) is 30.3 Å². The van der Waals surface area contributed by atoms with Gasteiger partial charge in [0, 0.05) is 18.8 Å². The van der Waals surface area contributed by atoms with Gasteiger partial charge in [0.2, 0.25) is 0 Å². The number of guanidine groups is 1. The maximum absolute atomic E-state index is 12.2. The van der Waals surface area contributed by atoms with Gasteiger partial charge in [0.25, 0.3) is 5.56 Å². The van der Waals surface area contributed by atoms with E-state index >= 15 is 0 Å². The summed E-state index contributed by atoms with van der Waals surface area (Å²) in [5.41, 5.74) is 8.48. The maximum atomic E-state index is 12.2. The topological polar surface area (TPSA) is 81.6 Å². The fourth-order valence-corrected chi connectivity index (χ4v) is 2.77. The lowest BCUT2D eigenvalue weighted by Gasteiger charge is -2.09. The molecule has 0 aliphatic heterocycles. The van der Waals surface area contributed by atoms with E-state index in [4.69, 9.17) is 5.73 Å². The van der Waals surface area contributed by atoms with Gasteiger partial charge < -0.3 is 20.4 Å². The largest absolute Gasteiger partial charge is 0.573 e. The number of halogens is 3. The van der Waals surface area contributed by atoms with Crippen molar-refractivity contribution in [2.45, 2.75) is 26.0 Å². The monoisotopic (exact) mass is 430 g/mol. The molecule has 1 heterocycles. The highest BCUT2D eigenvalue weighted by Crippen LogP contribution is 2.22. The third-order valence-electron chi connectivity index (χ3n) is 4.34. The number of nitrogens with zero attached hydrogens (tertiary/aromatic N) is 2. The van der Waals surface area contributed by atoms with Crippen LogP contribution in [0.25, 0.3) is 0 Å². The van der Waals surface area contributed by atoms with Crippen LogP contribution in [-0.4, -0.2) is 16.9 Å². The van der Waals surface area contributed by atoms with Gasteiger partial charge in [0.05, 0.1) is 13.1 Å². The molecule has 162 valence electrons. The molecule has 0 amide bonds. The number of hydrogen-bond acceptors (Lipinski definition) is 3. The van der Waals surface area contributed by atoms with Crippen molar-refractivity contribution in [1.82, 2.24) is 9.88 Å². The van der Waals surface area contributed by atoms with Crippen molar-refractivity contribution in [1.29, 1.82) is 0 Å². The fraction of sp³-hybridized carbons (Fsp3) is 0.182. The van der Waals surface area contributed by atoms with Gasteiger partial charge in [-0.05, 0) is 34.9 Å². The average Bonchev–Trinajstić information content (AvgIpc) is 2.73. The average molecular weight is 430 g/mol. The van der Waals surface area contributed by atoms with Crippen molar-refractivity contribution in [3.05, 3.63) is 100.0 Å². The second kappa shape index (κ2) is 9.84. The van der Waals surface area contributed by atoms with E-state index in [1.807, 2.05) is 30.3 Å². The Balaban J connectivity index is 1.48. The molecule has 0 bridgehead atoms. The van der Waals surface area contributed by atoms with Crippen molar-refractivity contribution in [2.75, 3.05) is 0 Å². The number of ether oxygens (including phenoxy) is 1. The minimum Gasteiger partial charge on any atom is -0.406 e. The number of benzene rings is 2. The van der Waals surface area contributed by atoms with Crippen molar-refractivity contribution >= 4 is 5.96 Å². The Morgan fingerprint density at radius 2 is 1.61 bits per heavy atom. The molecule has 3 N–H and O–H groups in total. The number of hydrogen-bond donors (Lipinski definition) is 2. The molecule has 9 heteroatoms. The molecule has 0 aliphatic rings. The highest BCUT2D eigenvalue weighted by atomic mass is 19.4. The van der Waals surface area contributed by atoms with Crippen LogP contribution in [0.4, 0.5) is 13.2 Å². The van der Waals surface area contributed by atoms with E-state index in [2.05, 4.69) is 15.0 Å². The first-order valence-electron chi connectivity index (χ1n) is 9.40. The second-order valence-corrected chi connectivity index (χ2v) is 6.73. The van der Waals surface area contributed by atoms with Crippen LogP contribution in [-0.2, 0) is 19.6 Å². The molecular weight excluding hydrogens is 409 g/mol. The van der Waals surface area contributed by atoms with E-state index in [9.17, 15) is 18.0 Å². The Kier molecular flexibility index (Phi) is 6.96. The van der Waals surface area contributed by atoms with E-state index in [0.29, 0.717) is 18.7 Å². The minimum absolute atomic E-state index is 0.0558. The van der Waals surface area contributed by atoms with Gasteiger partial charge >= 0.3 is 6.36 Å². The van der Waals surface area contributed by atoms with Crippen LogP contribution in [0.5, 0.6) is 5.75 Å². The molecule has 0 saturated carbocycles. The summed E-state index contributed by atoms with van der Waals surface area (Å²) >= 11 is 0. The smallest absolute Gasteiger partial charge is 0.406 e. The lowest BCUT2D eigenvalue weighted by molar-refractivity contribution is -0.274. The molecule has 0 unspecified atom stereocenters. The van der Waals surface area contributed by atoms with E-state index in [0.717, 1.165) is 11.1 Å². The number of nitrogens with one attached hydrogen (secondary N) is 1. The molecule has 3 aromatic rings. The van der Waals surface area contributed by atoms with E-state index in [-0.39, 0.29) is 23.8 Å². The van der Waals surface area contributed by atoms with Gasteiger partial charge in [-0.1, -0.05) is 42.5 Å². The molecule has 0 spiro atoms. The minimum atomic E-state index is -4.72. The third-order valence-corrected chi connectivity index (χ3v) is 4.34. The fourth-order valence-electron chi connectivity index (χ4n) is 2.77. The molecule has 0 fully saturated rings. The van der Waals surface area contributed by atoms with Crippen molar-refractivity contribution in [3.8, 4) is 5.75 Å². The maximum Gasteiger partial charge on any atom is 0.573 e. The predicted octanol–water partition coefficient (Wildman–Crippen LogP) is 3.40. The number of rotatable bonds is 7. The first-order chi connectivity index (χ1) is 14.8. The van der Waals surface area contributed by atoms with Crippen molar-refractivity contribution in [3.63, 3.8) is 0 Å². The molecule has 2 aromatic carbocycles. The van der Waals surface area contributed by atoms with Gasteiger partial charge in [-0.15, -0.1) is 13.2 Å². The summed E-state index contributed by atoms with van der Waals surface area (Å²) in [6.07, 6.45) is -2.97. The summed E-state index contributed by atoms with van der Waals surface area (Å²) in [7, 11) is 0. The molecule has 31 heavy (non-hydrogen) atoms. The van der Waals surface area contributed by atoms with Gasteiger partial charge in [0.15, 0.2) is 5.96 Å². The summed E-state index contributed by atoms with van der Waals surface area (Å²) in [5.74, 6) is -0.0672. The van der Waals surface area contributed by atoms with Crippen LogP contribution in [0.2, 0.25) is 0 Å². The van der Waals surface area contributed by atoms with Gasteiger partial charge in [-0.25, -0.2) is 4.99 Å². The SMILES string of the molecule is NC(=NCc1ccc(OC(F)(F)F)cc1)NCc1ccc(Cn2ccccc2=O)cc1. The highest BCUT2D eigenvalue weighted by molar-refractivity contribution is 5.77. The zero-order chi connectivity index (χ0) is 22.3. The normalized spacial score (nSPS) is 11.9. The molecule has 1 aromatic heterocycles. The number of pyridine rings is 1. The van der Waals surface area contributed by atoms with Crippen LogP contribution in [0, 0.1) is 0 Å². The van der Waals surface area contributed by atoms with Crippen LogP contribution in [0.1, 0.15) is 16.7 Å². The summed E-state index contributed by atoms with van der Waals surface area (Å²) < 4.78 is 42.0. The summed E-state index contributed by atoms with van der Waals surface area (Å²) in [4.78, 5) is 16.0. The van der Waals surface area contributed by atoms with E-state index in [1.54, 1.807) is 16.8 Å². The number of alkyl halides is 3. The molecule has 0 atom stereocenters. The van der Waals surface area contributed by atoms with Crippen LogP contribution in [0.3, 0.4) is 0 Å². The number of aliphatic imine (C=N–C) groups is 1. The van der Waals surface area contributed by atoms with Gasteiger partial charge in [-0.3, -0.25) is 4.79 Å². The highest BCUT2D eigenvalue weighted by Gasteiger charge is 2.30. The first-order valence-corrected chi connectivity index (χ1v) is 9.40. The summed E-state index contributed by atoms with van der Waals surface area (Å²) in [6.45, 7) is 1.17. The molecule has 0 aliphatic carbocycles. The summed E-state index contributed by atoms with van der Waals surface area (Å²) in [5, 5.41) is 2.99. The summed E-state index contributed by atoms with van der Waals surface area (Å²) in [6, 6.07) is 18.2. The Morgan fingerprint density at radius 3 is 2.26 bits per heavy atom. The quantitative estimate of drug-likeness (QED) is 0.445. The Hall–Kier alpha value is -3.75. The molecule has 0 saturated heterocycles. The van der Waals surface area contributed by atoms with Crippen LogP contribution < -0.4 is 21.3 Å². The van der Waals surface area contributed by atoms with Crippen LogP contribution in [0.15, 0.2) is 82.7 Å². The number of aromatic nitrogens is 1.